The number of rotatable bonds is 7. The van der Waals surface area contributed by atoms with Crippen molar-refractivity contribution >= 4 is 5.91 Å². The molecule has 2 N–H and O–H groups in total. The monoisotopic (exact) mass is 294 g/mol. The first-order chi connectivity index (χ1) is 10.1. The predicted molar refractivity (Wildman–Crippen MR) is 88.2 cm³/mol. The van der Waals surface area contributed by atoms with Crippen molar-refractivity contribution in [1.82, 2.24) is 10.6 Å². The zero-order chi connectivity index (χ0) is 15.1. The van der Waals surface area contributed by atoms with E-state index in [2.05, 4.69) is 24.5 Å². The van der Waals surface area contributed by atoms with Crippen molar-refractivity contribution in [2.45, 2.75) is 84.1 Å². The Balaban J connectivity index is 1.68. The first-order valence-corrected chi connectivity index (χ1v) is 9.10. The number of amides is 1. The molecule has 3 nitrogen and oxygen atoms in total. The van der Waals surface area contributed by atoms with Crippen LogP contribution in [0, 0.1) is 11.3 Å². The van der Waals surface area contributed by atoms with Crippen molar-refractivity contribution in [2.24, 2.45) is 11.3 Å². The van der Waals surface area contributed by atoms with E-state index in [1.54, 1.807) is 0 Å². The maximum Gasteiger partial charge on any atom is 0.234 e. The predicted octanol–water partition coefficient (Wildman–Crippen LogP) is 3.63. The third kappa shape index (κ3) is 5.61. The molecule has 21 heavy (non-hydrogen) atoms. The number of carbonyl (C=O) groups is 1. The van der Waals surface area contributed by atoms with Gasteiger partial charge in [-0.05, 0) is 43.4 Å². The SMILES string of the molecule is CC(C)CC1(CNCC(=O)NC2CCCCC2)CCCC1. The molecule has 0 aromatic heterocycles. The molecule has 2 rings (SSSR count). The van der Waals surface area contributed by atoms with E-state index >= 15 is 0 Å². The van der Waals surface area contributed by atoms with Crippen molar-refractivity contribution in [1.29, 1.82) is 0 Å². The number of hydrogen-bond donors (Lipinski definition) is 2. The van der Waals surface area contributed by atoms with Gasteiger partial charge in [-0.25, -0.2) is 0 Å². The molecule has 0 aliphatic heterocycles. The Morgan fingerprint density at radius 2 is 1.76 bits per heavy atom. The molecule has 2 saturated carbocycles. The summed E-state index contributed by atoms with van der Waals surface area (Å²) in [5, 5.41) is 6.65. The van der Waals surface area contributed by atoms with Gasteiger partial charge in [-0.3, -0.25) is 4.79 Å². The molecule has 2 fully saturated rings. The van der Waals surface area contributed by atoms with Gasteiger partial charge in [-0.1, -0.05) is 46.0 Å². The molecule has 0 bridgehead atoms. The third-order valence-corrected chi connectivity index (χ3v) is 5.26. The summed E-state index contributed by atoms with van der Waals surface area (Å²) in [5.41, 5.74) is 0.458. The topological polar surface area (TPSA) is 41.1 Å². The van der Waals surface area contributed by atoms with Crippen LogP contribution >= 0.6 is 0 Å². The maximum atomic E-state index is 12.0. The van der Waals surface area contributed by atoms with Gasteiger partial charge in [0, 0.05) is 12.6 Å². The standard InChI is InChI=1S/C18H34N2O/c1-15(2)12-18(10-6-7-11-18)14-19-13-17(21)20-16-8-4-3-5-9-16/h15-16,19H,3-14H2,1-2H3,(H,20,21). The zero-order valence-corrected chi connectivity index (χ0v) is 14.0. The summed E-state index contributed by atoms with van der Waals surface area (Å²) in [6.45, 7) is 6.14. The van der Waals surface area contributed by atoms with Gasteiger partial charge in [0.1, 0.15) is 0 Å². The van der Waals surface area contributed by atoms with E-state index in [0.29, 0.717) is 18.0 Å². The van der Waals surface area contributed by atoms with Crippen LogP contribution in [0.1, 0.15) is 78.1 Å². The average molecular weight is 294 g/mol. The van der Waals surface area contributed by atoms with E-state index in [1.807, 2.05) is 0 Å². The van der Waals surface area contributed by atoms with E-state index in [4.69, 9.17) is 0 Å². The molecular weight excluding hydrogens is 260 g/mol. The van der Waals surface area contributed by atoms with Crippen molar-refractivity contribution in [3.63, 3.8) is 0 Å². The molecule has 2 aliphatic rings. The second-order valence-electron chi connectivity index (χ2n) is 7.81. The minimum Gasteiger partial charge on any atom is -0.352 e. The van der Waals surface area contributed by atoms with Crippen molar-refractivity contribution in [3.05, 3.63) is 0 Å². The van der Waals surface area contributed by atoms with Gasteiger partial charge >= 0.3 is 0 Å². The highest BCUT2D eigenvalue weighted by molar-refractivity contribution is 5.78. The van der Waals surface area contributed by atoms with Gasteiger partial charge < -0.3 is 10.6 Å². The van der Waals surface area contributed by atoms with Crippen LogP contribution in [0.2, 0.25) is 0 Å². The first-order valence-electron chi connectivity index (χ1n) is 9.10. The van der Waals surface area contributed by atoms with Crippen molar-refractivity contribution in [3.8, 4) is 0 Å². The second kappa shape index (κ2) is 8.17. The lowest BCUT2D eigenvalue weighted by Crippen LogP contribution is -2.43. The highest BCUT2D eigenvalue weighted by atomic mass is 16.1. The summed E-state index contributed by atoms with van der Waals surface area (Å²) in [4.78, 5) is 12.0. The molecule has 122 valence electrons. The number of nitrogens with one attached hydrogen (secondary N) is 2. The Morgan fingerprint density at radius 3 is 2.38 bits per heavy atom. The summed E-state index contributed by atoms with van der Waals surface area (Å²) in [6.07, 6.45) is 12.9. The van der Waals surface area contributed by atoms with Crippen LogP contribution in [0.5, 0.6) is 0 Å². The largest absolute Gasteiger partial charge is 0.352 e. The number of carbonyl (C=O) groups excluding carboxylic acids is 1. The number of hydrogen-bond acceptors (Lipinski definition) is 2. The smallest absolute Gasteiger partial charge is 0.234 e. The molecule has 2 aliphatic carbocycles. The highest BCUT2D eigenvalue weighted by Crippen LogP contribution is 2.42. The Bertz CT molecular complexity index is 315. The second-order valence-corrected chi connectivity index (χ2v) is 7.81. The summed E-state index contributed by atoms with van der Waals surface area (Å²) in [6, 6.07) is 0.434. The fourth-order valence-electron chi connectivity index (χ4n) is 4.41. The molecule has 0 saturated heterocycles. The van der Waals surface area contributed by atoms with Crippen LogP contribution in [0.25, 0.3) is 0 Å². The average Bonchev–Trinajstić information content (AvgIpc) is 2.87. The zero-order valence-electron chi connectivity index (χ0n) is 14.0. The molecule has 0 heterocycles. The van der Waals surface area contributed by atoms with Crippen molar-refractivity contribution in [2.75, 3.05) is 13.1 Å². The van der Waals surface area contributed by atoms with Crippen LogP contribution in [0.15, 0.2) is 0 Å². The molecule has 0 aromatic carbocycles. The molecule has 0 spiro atoms. The Kier molecular flexibility index (Phi) is 6.53. The molecule has 3 heteroatoms. The highest BCUT2D eigenvalue weighted by Gasteiger charge is 2.34. The van der Waals surface area contributed by atoms with Crippen LogP contribution in [-0.2, 0) is 4.79 Å². The fraction of sp³-hybridized carbons (Fsp3) is 0.944. The van der Waals surface area contributed by atoms with E-state index < -0.39 is 0 Å². The Morgan fingerprint density at radius 1 is 1.10 bits per heavy atom. The van der Waals surface area contributed by atoms with Gasteiger partial charge in [0.2, 0.25) is 5.91 Å². The summed E-state index contributed by atoms with van der Waals surface area (Å²) < 4.78 is 0. The molecule has 1 amide bonds. The van der Waals surface area contributed by atoms with Gasteiger partial charge in [-0.2, -0.15) is 0 Å². The molecular formula is C18H34N2O. The van der Waals surface area contributed by atoms with Crippen LogP contribution in [-0.4, -0.2) is 25.0 Å². The first kappa shape index (κ1) is 16.8. The van der Waals surface area contributed by atoms with Crippen LogP contribution in [0.4, 0.5) is 0 Å². The maximum absolute atomic E-state index is 12.0. The minimum atomic E-state index is 0.194. The van der Waals surface area contributed by atoms with E-state index in [9.17, 15) is 4.79 Å². The lowest BCUT2D eigenvalue weighted by Gasteiger charge is -2.31. The van der Waals surface area contributed by atoms with Crippen LogP contribution in [0.3, 0.4) is 0 Å². The van der Waals surface area contributed by atoms with E-state index in [0.717, 1.165) is 12.5 Å². The molecule has 0 atom stereocenters. The van der Waals surface area contributed by atoms with E-state index in [-0.39, 0.29) is 5.91 Å². The quantitative estimate of drug-likeness (QED) is 0.753. The normalized spacial score (nSPS) is 22.6. The fourth-order valence-corrected chi connectivity index (χ4v) is 4.41. The van der Waals surface area contributed by atoms with Crippen LogP contribution < -0.4 is 10.6 Å². The third-order valence-electron chi connectivity index (χ3n) is 5.26. The Hall–Kier alpha value is -0.570. The Labute approximate surface area is 130 Å². The van der Waals surface area contributed by atoms with Gasteiger partial charge in [0.25, 0.3) is 0 Å². The van der Waals surface area contributed by atoms with Gasteiger partial charge in [0.05, 0.1) is 6.54 Å². The van der Waals surface area contributed by atoms with Gasteiger partial charge in [-0.15, -0.1) is 0 Å². The molecule has 0 aromatic rings. The minimum absolute atomic E-state index is 0.194. The summed E-state index contributed by atoms with van der Waals surface area (Å²) in [5.74, 6) is 0.945. The molecule has 0 unspecified atom stereocenters. The van der Waals surface area contributed by atoms with Gasteiger partial charge in [0.15, 0.2) is 0 Å². The summed E-state index contributed by atoms with van der Waals surface area (Å²) >= 11 is 0. The lowest BCUT2D eigenvalue weighted by atomic mass is 9.78. The summed E-state index contributed by atoms with van der Waals surface area (Å²) in [7, 11) is 0. The van der Waals surface area contributed by atoms with E-state index in [1.165, 1.54) is 64.2 Å². The lowest BCUT2D eigenvalue weighted by molar-refractivity contribution is -0.121. The molecule has 0 radical (unpaired) electrons. The van der Waals surface area contributed by atoms with Crippen molar-refractivity contribution < 1.29 is 4.79 Å².